The monoisotopic (exact) mass is 513 g/mol. The molecule has 0 atom stereocenters. The van der Waals surface area contributed by atoms with Gasteiger partial charge in [-0.3, -0.25) is 9.48 Å². The number of benzene rings is 2. The van der Waals surface area contributed by atoms with Crippen LogP contribution >= 0.6 is 11.3 Å². The Labute approximate surface area is 219 Å². The summed E-state index contributed by atoms with van der Waals surface area (Å²) >= 11 is 1.45. The molecule has 0 bridgehead atoms. The summed E-state index contributed by atoms with van der Waals surface area (Å²) in [6.45, 7) is 6.24. The topological polar surface area (TPSA) is 69.7 Å². The predicted molar refractivity (Wildman–Crippen MR) is 151 cm³/mol. The maximum absolute atomic E-state index is 13.5. The number of rotatable bonds is 8. The van der Waals surface area contributed by atoms with E-state index in [1.165, 1.54) is 11.3 Å². The fourth-order valence-electron chi connectivity index (χ4n) is 4.47. The van der Waals surface area contributed by atoms with Gasteiger partial charge in [-0.25, -0.2) is 14.4 Å². The first kappa shape index (κ1) is 24.8. The molecule has 37 heavy (non-hydrogen) atoms. The summed E-state index contributed by atoms with van der Waals surface area (Å²) in [5, 5.41) is 8.10. The second-order valence-corrected chi connectivity index (χ2v) is 9.89. The highest BCUT2D eigenvalue weighted by Gasteiger charge is 2.18. The molecule has 2 aromatic carbocycles. The van der Waals surface area contributed by atoms with Gasteiger partial charge in [0.05, 0.1) is 11.4 Å². The molecule has 0 N–H and O–H groups in total. The molecule has 5 aromatic rings. The van der Waals surface area contributed by atoms with Gasteiger partial charge in [0.2, 0.25) is 4.80 Å². The molecule has 7 nitrogen and oxygen atoms in total. The fraction of sp³-hybridized carbons (Fsp3) is 0.276. The zero-order valence-electron chi connectivity index (χ0n) is 21.6. The van der Waals surface area contributed by atoms with Gasteiger partial charge in [-0.05, 0) is 44.0 Å². The van der Waals surface area contributed by atoms with Gasteiger partial charge >= 0.3 is 0 Å². The number of aromatic nitrogens is 3. The second-order valence-electron chi connectivity index (χ2n) is 9.05. The summed E-state index contributed by atoms with van der Waals surface area (Å²) in [7, 11) is 1.88. The van der Waals surface area contributed by atoms with Crippen molar-refractivity contribution in [3.05, 3.63) is 86.9 Å². The van der Waals surface area contributed by atoms with E-state index in [2.05, 4.69) is 13.8 Å². The van der Waals surface area contributed by atoms with E-state index in [4.69, 9.17) is 14.5 Å². The number of para-hydroxylation sites is 2. The van der Waals surface area contributed by atoms with Crippen LogP contribution in [0.3, 0.4) is 0 Å². The summed E-state index contributed by atoms with van der Waals surface area (Å²) in [6.07, 6.45) is 3.83. The first-order chi connectivity index (χ1) is 18.0. The van der Waals surface area contributed by atoms with Crippen LogP contribution in [0.4, 0.5) is 5.69 Å². The molecule has 3 aromatic heterocycles. The zero-order chi connectivity index (χ0) is 25.9. The zero-order valence-corrected chi connectivity index (χ0v) is 22.5. The van der Waals surface area contributed by atoms with Crippen LogP contribution in [0.1, 0.15) is 45.2 Å². The van der Waals surface area contributed by atoms with Crippen molar-refractivity contribution < 1.29 is 4.42 Å². The van der Waals surface area contributed by atoms with E-state index < -0.39 is 0 Å². The highest BCUT2D eigenvalue weighted by molar-refractivity contribution is 7.07. The van der Waals surface area contributed by atoms with Crippen LogP contribution in [-0.4, -0.2) is 19.8 Å². The van der Waals surface area contributed by atoms with E-state index in [1.807, 2.05) is 89.4 Å². The number of fused-ring (bicyclic) bond motifs is 1. The largest absolute Gasteiger partial charge is 0.454 e. The van der Waals surface area contributed by atoms with Gasteiger partial charge < -0.3 is 4.42 Å². The third-order valence-electron chi connectivity index (χ3n) is 6.41. The minimum absolute atomic E-state index is 0.164. The van der Waals surface area contributed by atoms with Crippen LogP contribution in [-0.2, 0) is 7.05 Å². The molecule has 0 unspecified atom stereocenters. The van der Waals surface area contributed by atoms with Crippen molar-refractivity contribution >= 4 is 33.7 Å². The SMILES string of the molecule is CCCC(CCC)=Nn1c(-c2cc3ccccc3o2)csc1=Nc1c(C)n(C)n(-c2ccccc2)c1=O. The first-order valence-corrected chi connectivity index (χ1v) is 13.5. The van der Waals surface area contributed by atoms with Gasteiger partial charge in [-0.2, -0.15) is 5.10 Å². The maximum Gasteiger partial charge on any atom is 0.297 e. The molecule has 0 saturated carbocycles. The Morgan fingerprint density at radius 3 is 2.41 bits per heavy atom. The standard InChI is InChI=1S/C29H31N5O2S/c1-5-12-22(13-6-2)31-33-24(26-18-21-14-10-11-17-25(21)36-26)19-37-29(33)30-27-20(3)32(4)34(28(27)35)23-15-8-7-9-16-23/h7-11,14-19H,5-6,12-13H2,1-4H3. The second kappa shape index (κ2) is 10.6. The molecule has 0 spiro atoms. The summed E-state index contributed by atoms with van der Waals surface area (Å²) in [5.74, 6) is 0.724. The van der Waals surface area contributed by atoms with Gasteiger partial charge in [0.25, 0.3) is 5.56 Å². The fourth-order valence-corrected chi connectivity index (χ4v) is 5.29. The lowest BCUT2D eigenvalue weighted by Gasteiger charge is -2.07. The molecule has 0 radical (unpaired) electrons. The molecule has 0 aliphatic heterocycles. The van der Waals surface area contributed by atoms with E-state index in [0.29, 0.717) is 10.5 Å². The molecule has 0 fully saturated rings. The smallest absolute Gasteiger partial charge is 0.297 e. The Hall–Kier alpha value is -3.91. The van der Waals surface area contributed by atoms with Crippen LogP contribution in [0.25, 0.3) is 28.1 Å². The summed E-state index contributed by atoms with van der Waals surface area (Å²) in [5.41, 5.74) is 4.57. The third-order valence-corrected chi connectivity index (χ3v) is 7.23. The van der Waals surface area contributed by atoms with Crippen LogP contribution in [0, 0.1) is 6.92 Å². The first-order valence-electron chi connectivity index (χ1n) is 12.7. The molecule has 3 heterocycles. The summed E-state index contributed by atoms with van der Waals surface area (Å²) in [6, 6.07) is 19.6. The third kappa shape index (κ3) is 4.76. The highest BCUT2D eigenvalue weighted by atomic mass is 32.1. The van der Waals surface area contributed by atoms with Crippen molar-refractivity contribution in [2.24, 2.45) is 17.1 Å². The average molecular weight is 514 g/mol. The number of furan rings is 1. The summed E-state index contributed by atoms with van der Waals surface area (Å²) in [4.78, 5) is 19.1. The van der Waals surface area contributed by atoms with E-state index in [9.17, 15) is 4.79 Å². The normalized spacial score (nSPS) is 11.9. The number of hydrogen-bond acceptors (Lipinski definition) is 5. The highest BCUT2D eigenvalue weighted by Crippen LogP contribution is 2.28. The van der Waals surface area contributed by atoms with E-state index in [-0.39, 0.29) is 5.56 Å². The van der Waals surface area contributed by atoms with Crippen LogP contribution < -0.4 is 10.4 Å². The Balaban J connectivity index is 1.73. The van der Waals surface area contributed by atoms with Gasteiger partial charge in [0.15, 0.2) is 11.4 Å². The molecular weight excluding hydrogens is 482 g/mol. The molecule has 190 valence electrons. The van der Waals surface area contributed by atoms with Gasteiger partial charge in [0, 0.05) is 23.5 Å². The lowest BCUT2D eigenvalue weighted by molar-refractivity contribution is 0.621. The van der Waals surface area contributed by atoms with Gasteiger partial charge in [0.1, 0.15) is 11.3 Å². The quantitative estimate of drug-likeness (QED) is 0.214. The number of hydrogen-bond donors (Lipinski definition) is 0. The van der Waals surface area contributed by atoms with Crippen molar-refractivity contribution in [3.63, 3.8) is 0 Å². The molecule has 0 aliphatic carbocycles. The Bertz CT molecular complexity index is 1650. The van der Waals surface area contributed by atoms with Crippen molar-refractivity contribution in [2.45, 2.75) is 46.5 Å². The van der Waals surface area contributed by atoms with Crippen molar-refractivity contribution in [2.75, 3.05) is 0 Å². The van der Waals surface area contributed by atoms with Crippen LogP contribution in [0.5, 0.6) is 0 Å². The van der Waals surface area contributed by atoms with Crippen LogP contribution in [0.2, 0.25) is 0 Å². The number of thiazole rings is 1. The van der Waals surface area contributed by atoms with E-state index in [0.717, 1.165) is 65.2 Å². The Kier molecular flexibility index (Phi) is 7.10. The average Bonchev–Trinajstić information content (AvgIpc) is 3.56. The van der Waals surface area contributed by atoms with Gasteiger partial charge in [-0.15, -0.1) is 11.3 Å². The number of nitrogens with zero attached hydrogens (tertiary/aromatic N) is 5. The molecule has 0 aliphatic rings. The molecule has 8 heteroatoms. The molecular formula is C29H31N5O2S. The minimum atomic E-state index is -0.164. The van der Waals surface area contributed by atoms with E-state index in [1.54, 1.807) is 4.68 Å². The summed E-state index contributed by atoms with van der Waals surface area (Å²) < 4.78 is 11.5. The van der Waals surface area contributed by atoms with Crippen molar-refractivity contribution in [1.82, 2.24) is 14.0 Å². The Morgan fingerprint density at radius 1 is 1.00 bits per heavy atom. The molecule has 0 saturated heterocycles. The van der Waals surface area contributed by atoms with Crippen molar-refractivity contribution in [1.29, 1.82) is 0 Å². The van der Waals surface area contributed by atoms with Crippen LogP contribution in [0.15, 0.2) is 85.3 Å². The minimum Gasteiger partial charge on any atom is -0.454 e. The maximum atomic E-state index is 13.5. The van der Waals surface area contributed by atoms with Gasteiger partial charge in [-0.1, -0.05) is 63.1 Å². The Morgan fingerprint density at radius 2 is 1.70 bits per heavy atom. The van der Waals surface area contributed by atoms with Crippen molar-refractivity contribution in [3.8, 4) is 17.1 Å². The lowest BCUT2D eigenvalue weighted by Crippen LogP contribution is -2.20. The lowest BCUT2D eigenvalue weighted by atomic mass is 10.1. The van der Waals surface area contributed by atoms with E-state index >= 15 is 0 Å². The predicted octanol–water partition coefficient (Wildman–Crippen LogP) is 6.80. The molecule has 5 rings (SSSR count). The molecule has 0 amide bonds.